The van der Waals surface area contributed by atoms with E-state index < -0.39 is 11.2 Å². The molecule has 0 saturated carbocycles. The van der Waals surface area contributed by atoms with Gasteiger partial charge in [0.05, 0.1) is 11.5 Å². The van der Waals surface area contributed by atoms with Crippen LogP contribution in [0.1, 0.15) is 20.8 Å². The van der Waals surface area contributed by atoms with Gasteiger partial charge in [-0.2, -0.15) is 5.06 Å². The van der Waals surface area contributed by atoms with Crippen LogP contribution in [0.4, 0.5) is 10.1 Å². The van der Waals surface area contributed by atoms with Crippen LogP contribution >= 0.6 is 0 Å². The van der Waals surface area contributed by atoms with Crippen molar-refractivity contribution in [2.45, 2.75) is 26.9 Å². The van der Waals surface area contributed by atoms with Gasteiger partial charge in [-0.1, -0.05) is 12.1 Å². The van der Waals surface area contributed by atoms with Crippen molar-refractivity contribution in [3.8, 4) is 0 Å². The lowest BCUT2D eigenvalue weighted by atomic mass is 9.87. The number of nitrogens with zero attached hydrogens (tertiary/aromatic N) is 1. The van der Waals surface area contributed by atoms with Gasteiger partial charge in [-0.15, -0.1) is 0 Å². The maximum atomic E-state index is 13.5. The molecule has 2 rings (SSSR count). The molecule has 86 valence electrons. The fourth-order valence-electron chi connectivity index (χ4n) is 1.56. The number of anilines is 1. The zero-order chi connectivity index (χ0) is 11.9. The topological polar surface area (TPSA) is 29.5 Å². The van der Waals surface area contributed by atoms with Gasteiger partial charge < -0.3 is 0 Å². The maximum absolute atomic E-state index is 13.5. The molecule has 3 nitrogen and oxygen atoms in total. The van der Waals surface area contributed by atoms with E-state index >= 15 is 0 Å². The average Bonchev–Trinajstić information content (AvgIpc) is 2.43. The molecule has 1 atom stereocenters. The van der Waals surface area contributed by atoms with E-state index in [1.807, 2.05) is 0 Å². The summed E-state index contributed by atoms with van der Waals surface area (Å²) in [6, 6.07) is 6.09. The lowest BCUT2D eigenvalue weighted by molar-refractivity contribution is -0.124. The van der Waals surface area contributed by atoms with E-state index in [2.05, 4.69) is 0 Å². The van der Waals surface area contributed by atoms with E-state index in [4.69, 9.17) is 4.84 Å². The van der Waals surface area contributed by atoms with Gasteiger partial charge in [-0.3, -0.25) is 9.63 Å². The average molecular weight is 223 g/mol. The molecule has 0 bridgehead atoms. The van der Waals surface area contributed by atoms with Crippen LogP contribution in [0.3, 0.4) is 0 Å². The molecule has 0 aliphatic carbocycles. The quantitative estimate of drug-likeness (QED) is 0.732. The first-order valence-electron chi connectivity index (χ1n) is 5.20. The molecule has 0 spiro atoms. The number of halogens is 1. The third kappa shape index (κ3) is 1.50. The number of benzene rings is 1. The van der Waals surface area contributed by atoms with Crippen molar-refractivity contribution < 1.29 is 14.0 Å². The van der Waals surface area contributed by atoms with Crippen LogP contribution in [0.25, 0.3) is 0 Å². The van der Waals surface area contributed by atoms with Crippen molar-refractivity contribution in [3.63, 3.8) is 0 Å². The van der Waals surface area contributed by atoms with Crippen molar-refractivity contribution >= 4 is 11.6 Å². The lowest BCUT2D eigenvalue weighted by Crippen LogP contribution is -2.32. The zero-order valence-corrected chi connectivity index (χ0v) is 9.53. The molecule has 1 fully saturated rings. The summed E-state index contributed by atoms with van der Waals surface area (Å²) in [6.45, 7) is 5.39. The van der Waals surface area contributed by atoms with Crippen LogP contribution < -0.4 is 5.06 Å². The molecule has 1 aromatic carbocycles. The summed E-state index contributed by atoms with van der Waals surface area (Å²) < 4.78 is 13.5. The Morgan fingerprint density at radius 1 is 1.38 bits per heavy atom. The Labute approximate surface area is 93.8 Å². The van der Waals surface area contributed by atoms with Crippen molar-refractivity contribution in [2.24, 2.45) is 5.41 Å². The highest BCUT2D eigenvalue weighted by Gasteiger charge is 2.47. The van der Waals surface area contributed by atoms with Crippen molar-refractivity contribution in [3.05, 3.63) is 30.1 Å². The monoisotopic (exact) mass is 223 g/mol. The molecule has 1 heterocycles. The molecule has 1 saturated heterocycles. The van der Waals surface area contributed by atoms with Gasteiger partial charge in [-0.25, -0.2) is 4.39 Å². The summed E-state index contributed by atoms with van der Waals surface area (Å²) in [5.74, 6) is -0.675. The second kappa shape index (κ2) is 3.56. The van der Waals surface area contributed by atoms with E-state index in [1.165, 1.54) is 12.1 Å². The van der Waals surface area contributed by atoms with Gasteiger partial charge in [0.1, 0.15) is 11.5 Å². The highest BCUT2D eigenvalue weighted by atomic mass is 19.1. The minimum Gasteiger partial charge on any atom is -0.271 e. The Bertz CT molecular complexity index is 431. The molecule has 16 heavy (non-hydrogen) atoms. The van der Waals surface area contributed by atoms with Gasteiger partial charge in [0.15, 0.2) is 0 Å². The number of amides is 1. The van der Waals surface area contributed by atoms with Crippen LogP contribution in [-0.2, 0) is 9.63 Å². The predicted molar refractivity (Wildman–Crippen MR) is 58.2 cm³/mol. The Morgan fingerprint density at radius 3 is 2.50 bits per heavy atom. The Kier molecular flexibility index (Phi) is 2.46. The molecule has 1 aromatic rings. The van der Waals surface area contributed by atoms with Gasteiger partial charge >= 0.3 is 0 Å². The van der Waals surface area contributed by atoms with E-state index in [9.17, 15) is 9.18 Å². The second-order valence-corrected chi connectivity index (χ2v) is 4.52. The van der Waals surface area contributed by atoms with Crippen molar-refractivity contribution in [1.82, 2.24) is 0 Å². The van der Waals surface area contributed by atoms with Gasteiger partial charge in [0.25, 0.3) is 5.91 Å². The largest absolute Gasteiger partial charge is 0.271 e. The first-order chi connectivity index (χ1) is 7.44. The summed E-state index contributed by atoms with van der Waals surface area (Å²) in [5, 5.41) is 1.06. The minimum absolute atomic E-state index is 0.171. The van der Waals surface area contributed by atoms with Crippen molar-refractivity contribution in [1.29, 1.82) is 0 Å². The number of hydrogen-bond donors (Lipinski definition) is 0. The molecule has 1 unspecified atom stereocenters. The number of rotatable bonds is 1. The summed E-state index contributed by atoms with van der Waals surface area (Å²) in [4.78, 5) is 17.4. The zero-order valence-electron chi connectivity index (χ0n) is 9.53. The van der Waals surface area contributed by atoms with Crippen molar-refractivity contribution in [2.75, 3.05) is 5.06 Å². The third-order valence-corrected chi connectivity index (χ3v) is 3.09. The van der Waals surface area contributed by atoms with Crippen LogP contribution in [0, 0.1) is 11.2 Å². The van der Waals surface area contributed by atoms with Crippen LogP contribution in [0.5, 0.6) is 0 Å². The molecule has 0 radical (unpaired) electrons. The van der Waals surface area contributed by atoms with E-state index in [0.29, 0.717) is 0 Å². The van der Waals surface area contributed by atoms with Gasteiger partial charge in [0, 0.05) is 0 Å². The maximum Gasteiger partial charge on any atom is 0.259 e. The first kappa shape index (κ1) is 11.1. The number of para-hydroxylation sites is 1. The SMILES string of the molecule is CC1ON(c2ccccc2F)C(=O)C1(C)C. The second-order valence-electron chi connectivity index (χ2n) is 4.52. The Morgan fingerprint density at radius 2 is 2.00 bits per heavy atom. The van der Waals surface area contributed by atoms with E-state index in [-0.39, 0.29) is 17.7 Å². The smallest absolute Gasteiger partial charge is 0.259 e. The highest BCUT2D eigenvalue weighted by molar-refractivity contribution is 5.97. The van der Waals surface area contributed by atoms with Crippen LogP contribution in [0.2, 0.25) is 0 Å². The highest BCUT2D eigenvalue weighted by Crippen LogP contribution is 2.37. The molecule has 1 aliphatic heterocycles. The standard InChI is InChI=1S/C12H14FNO2/c1-8-12(2,3)11(15)14(16-8)10-7-5-4-6-9(10)13/h4-8H,1-3H3. The Balaban J connectivity index is 2.39. The summed E-state index contributed by atoms with van der Waals surface area (Å²) >= 11 is 0. The minimum atomic E-state index is -0.623. The fraction of sp³-hybridized carbons (Fsp3) is 0.417. The summed E-state index contributed by atoms with van der Waals surface area (Å²) in [5.41, 5.74) is -0.452. The molecule has 0 N–H and O–H groups in total. The third-order valence-electron chi connectivity index (χ3n) is 3.09. The molecule has 1 amide bonds. The first-order valence-corrected chi connectivity index (χ1v) is 5.20. The fourth-order valence-corrected chi connectivity index (χ4v) is 1.56. The number of hydrogen-bond acceptors (Lipinski definition) is 2. The molecule has 1 aliphatic rings. The van der Waals surface area contributed by atoms with Gasteiger partial charge in [0.2, 0.25) is 0 Å². The normalized spacial score (nSPS) is 23.9. The number of hydroxylamine groups is 1. The summed E-state index contributed by atoms with van der Waals surface area (Å²) in [7, 11) is 0. The number of carbonyl (C=O) groups excluding carboxylic acids is 1. The molecule has 4 heteroatoms. The molecular weight excluding hydrogens is 209 g/mol. The Hall–Kier alpha value is -1.42. The predicted octanol–water partition coefficient (Wildman–Crippen LogP) is 2.52. The number of carbonyl (C=O) groups is 1. The summed E-state index contributed by atoms with van der Waals surface area (Å²) in [6.07, 6.45) is -0.264. The van der Waals surface area contributed by atoms with E-state index in [1.54, 1.807) is 32.9 Å². The van der Waals surface area contributed by atoms with E-state index in [0.717, 1.165) is 5.06 Å². The lowest BCUT2D eigenvalue weighted by Gasteiger charge is -2.16. The van der Waals surface area contributed by atoms with Crippen LogP contribution in [-0.4, -0.2) is 12.0 Å². The molecular formula is C12H14FNO2. The molecule has 0 aromatic heterocycles. The van der Waals surface area contributed by atoms with Crippen LogP contribution in [0.15, 0.2) is 24.3 Å². The van der Waals surface area contributed by atoms with Gasteiger partial charge in [-0.05, 0) is 32.9 Å².